The van der Waals surface area contributed by atoms with Crippen molar-refractivity contribution in [2.45, 2.75) is 0 Å². The molecule has 0 aliphatic heterocycles. The zero-order chi connectivity index (χ0) is 12.0. The van der Waals surface area contributed by atoms with Crippen molar-refractivity contribution in [3.05, 3.63) is 24.0 Å². The number of pyridine rings is 1. The first-order valence-corrected chi connectivity index (χ1v) is 4.37. The van der Waals surface area contributed by atoms with Gasteiger partial charge in [0, 0.05) is 0 Å². The molecule has 0 unspecified atom stereocenters. The second-order valence-corrected chi connectivity index (χ2v) is 2.88. The van der Waals surface area contributed by atoms with Crippen molar-refractivity contribution in [2.24, 2.45) is 0 Å². The molecular weight excluding hydrogens is 208 g/mol. The van der Waals surface area contributed by atoms with E-state index in [9.17, 15) is 4.79 Å². The number of hydrogen-bond donors (Lipinski definition) is 1. The summed E-state index contributed by atoms with van der Waals surface area (Å²) in [7, 11) is 0. The number of carboxylic acid groups (broad SMARTS) is 1. The number of nitrogens with zero attached hydrogens (tertiary/aromatic N) is 4. The van der Waals surface area contributed by atoms with Gasteiger partial charge in [0.15, 0.2) is 0 Å². The zero-order valence-electron chi connectivity index (χ0n) is 8.29. The van der Waals surface area contributed by atoms with Gasteiger partial charge in [-0.1, -0.05) is 0 Å². The van der Waals surface area contributed by atoms with Crippen LogP contribution in [0.3, 0.4) is 0 Å². The zero-order valence-corrected chi connectivity index (χ0v) is 8.29. The first kappa shape index (κ1) is 11.5. The molecule has 16 heavy (non-hydrogen) atoms. The maximum Gasteiger partial charge on any atom is 0.354 e. The first-order valence-electron chi connectivity index (χ1n) is 4.37. The summed E-state index contributed by atoms with van der Waals surface area (Å²) >= 11 is 0. The molecule has 1 heterocycles. The molecular formula is C10H8N4O2. The van der Waals surface area contributed by atoms with E-state index < -0.39 is 5.97 Å². The van der Waals surface area contributed by atoms with Crippen molar-refractivity contribution in [1.29, 1.82) is 10.5 Å². The Hall–Kier alpha value is -2.60. The lowest BCUT2D eigenvalue weighted by Gasteiger charge is -2.17. The van der Waals surface area contributed by atoms with Crippen LogP contribution in [0, 0.1) is 22.7 Å². The molecule has 0 atom stereocenters. The van der Waals surface area contributed by atoms with Crippen LogP contribution >= 0.6 is 0 Å². The van der Waals surface area contributed by atoms with Crippen LogP contribution in [0.15, 0.2) is 18.3 Å². The van der Waals surface area contributed by atoms with E-state index in [1.54, 1.807) is 0 Å². The normalized spacial score (nSPS) is 8.88. The van der Waals surface area contributed by atoms with Gasteiger partial charge in [-0.25, -0.2) is 9.78 Å². The number of aromatic carboxylic acids is 1. The molecule has 0 saturated heterocycles. The van der Waals surface area contributed by atoms with Crippen LogP contribution in [-0.4, -0.2) is 29.1 Å². The van der Waals surface area contributed by atoms with E-state index in [4.69, 9.17) is 15.6 Å². The van der Waals surface area contributed by atoms with Crippen LogP contribution in [-0.2, 0) is 0 Å². The van der Waals surface area contributed by atoms with E-state index >= 15 is 0 Å². The standard InChI is InChI=1S/C10H8N4O2/c11-3-5-14(6-4-12)8-1-2-9(10(15)16)13-7-8/h1-2,7H,5-6H2,(H,15,16). The van der Waals surface area contributed by atoms with Crippen molar-refractivity contribution in [3.8, 4) is 12.1 Å². The van der Waals surface area contributed by atoms with Gasteiger partial charge in [0.2, 0.25) is 0 Å². The minimum Gasteiger partial charge on any atom is -0.477 e. The van der Waals surface area contributed by atoms with E-state index in [2.05, 4.69) is 4.98 Å². The van der Waals surface area contributed by atoms with Crippen LogP contribution in [0.1, 0.15) is 10.5 Å². The van der Waals surface area contributed by atoms with Gasteiger partial charge in [0.25, 0.3) is 0 Å². The van der Waals surface area contributed by atoms with Gasteiger partial charge in [-0.15, -0.1) is 0 Å². The van der Waals surface area contributed by atoms with Gasteiger partial charge in [-0.2, -0.15) is 10.5 Å². The highest BCUT2D eigenvalue weighted by atomic mass is 16.4. The molecule has 0 bridgehead atoms. The van der Waals surface area contributed by atoms with Gasteiger partial charge >= 0.3 is 5.97 Å². The second-order valence-electron chi connectivity index (χ2n) is 2.88. The van der Waals surface area contributed by atoms with E-state index in [0.717, 1.165) is 0 Å². The number of aromatic nitrogens is 1. The van der Waals surface area contributed by atoms with Crippen molar-refractivity contribution >= 4 is 11.7 Å². The third-order valence-corrected chi connectivity index (χ3v) is 1.86. The lowest BCUT2D eigenvalue weighted by molar-refractivity contribution is 0.0690. The fourth-order valence-electron chi connectivity index (χ4n) is 1.11. The molecule has 1 rings (SSSR count). The molecule has 0 aromatic carbocycles. The summed E-state index contributed by atoms with van der Waals surface area (Å²) in [6.07, 6.45) is 1.33. The Morgan fingerprint density at radius 1 is 1.38 bits per heavy atom. The molecule has 6 heteroatoms. The van der Waals surface area contributed by atoms with Crippen LogP contribution in [0.4, 0.5) is 5.69 Å². The molecule has 0 amide bonds. The average Bonchev–Trinajstić information content (AvgIpc) is 2.29. The van der Waals surface area contributed by atoms with E-state index in [1.165, 1.54) is 23.2 Å². The van der Waals surface area contributed by atoms with E-state index in [-0.39, 0.29) is 18.8 Å². The summed E-state index contributed by atoms with van der Waals surface area (Å²) in [4.78, 5) is 15.8. The second kappa shape index (κ2) is 5.32. The van der Waals surface area contributed by atoms with Gasteiger partial charge in [-0.05, 0) is 12.1 Å². The lowest BCUT2D eigenvalue weighted by atomic mass is 10.3. The summed E-state index contributed by atoms with van der Waals surface area (Å²) in [5, 5.41) is 25.7. The average molecular weight is 216 g/mol. The van der Waals surface area contributed by atoms with Crippen LogP contribution < -0.4 is 4.90 Å². The smallest absolute Gasteiger partial charge is 0.354 e. The van der Waals surface area contributed by atoms with Gasteiger partial charge in [-0.3, -0.25) is 0 Å². The maximum absolute atomic E-state index is 10.6. The first-order chi connectivity index (χ1) is 7.69. The highest BCUT2D eigenvalue weighted by Gasteiger charge is 2.08. The number of nitriles is 2. The molecule has 6 nitrogen and oxygen atoms in total. The molecule has 80 valence electrons. The lowest BCUT2D eigenvalue weighted by Crippen LogP contribution is -2.24. The van der Waals surface area contributed by atoms with Gasteiger partial charge in [0.05, 0.1) is 24.0 Å². The summed E-state index contributed by atoms with van der Waals surface area (Å²) in [6, 6.07) is 6.69. The predicted molar refractivity (Wildman–Crippen MR) is 54.6 cm³/mol. The summed E-state index contributed by atoms with van der Waals surface area (Å²) < 4.78 is 0. The Labute approximate surface area is 92.0 Å². The van der Waals surface area contributed by atoms with Crippen molar-refractivity contribution < 1.29 is 9.90 Å². The Balaban J connectivity index is 2.91. The van der Waals surface area contributed by atoms with Crippen molar-refractivity contribution in [3.63, 3.8) is 0 Å². The Morgan fingerprint density at radius 2 is 2.00 bits per heavy atom. The SMILES string of the molecule is N#CCN(CC#N)c1ccc(C(=O)O)nc1. The molecule has 0 aliphatic carbocycles. The van der Waals surface area contributed by atoms with Gasteiger partial charge in [0.1, 0.15) is 18.8 Å². The molecule has 1 aromatic rings. The van der Waals surface area contributed by atoms with Crippen LogP contribution in [0.2, 0.25) is 0 Å². The molecule has 0 radical (unpaired) electrons. The molecule has 0 spiro atoms. The van der Waals surface area contributed by atoms with Crippen LogP contribution in [0.5, 0.6) is 0 Å². The highest BCUT2D eigenvalue weighted by molar-refractivity contribution is 5.85. The number of rotatable bonds is 4. The Morgan fingerprint density at radius 3 is 2.38 bits per heavy atom. The third kappa shape index (κ3) is 2.69. The van der Waals surface area contributed by atoms with E-state index in [0.29, 0.717) is 5.69 Å². The maximum atomic E-state index is 10.6. The van der Waals surface area contributed by atoms with Crippen LogP contribution in [0.25, 0.3) is 0 Å². The Bertz CT molecular complexity index is 439. The third-order valence-electron chi connectivity index (χ3n) is 1.86. The number of hydrogen-bond acceptors (Lipinski definition) is 5. The van der Waals surface area contributed by atoms with Gasteiger partial charge < -0.3 is 10.0 Å². The van der Waals surface area contributed by atoms with Crippen molar-refractivity contribution in [1.82, 2.24) is 4.98 Å². The minimum atomic E-state index is -1.11. The largest absolute Gasteiger partial charge is 0.477 e. The number of carboxylic acids is 1. The quantitative estimate of drug-likeness (QED) is 0.741. The fraction of sp³-hybridized carbons (Fsp3) is 0.200. The monoisotopic (exact) mass is 216 g/mol. The number of carbonyl (C=O) groups is 1. The highest BCUT2D eigenvalue weighted by Crippen LogP contribution is 2.12. The number of anilines is 1. The summed E-state index contributed by atoms with van der Waals surface area (Å²) in [5.41, 5.74) is 0.478. The minimum absolute atomic E-state index is 0.0572. The fourth-order valence-corrected chi connectivity index (χ4v) is 1.11. The molecule has 0 saturated carbocycles. The molecule has 1 aromatic heterocycles. The molecule has 0 fully saturated rings. The summed E-state index contributed by atoms with van der Waals surface area (Å²) in [5.74, 6) is -1.11. The predicted octanol–water partition coefficient (Wildman–Crippen LogP) is 0.633. The van der Waals surface area contributed by atoms with Crippen molar-refractivity contribution in [2.75, 3.05) is 18.0 Å². The molecule has 1 N–H and O–H groups in total. The molecule has 0 aliphatic rings. The summed E-state index contributed by atoms with van der Waals surface area (Å²) in [6.45, 7) is 0.114. The van der Waals surface area contributed by atoms with E-state index in [1.807, 2.05) is 12.1 Å². The Kier molecular flexibility index (Phi) is 3.82. The topological polar surface area (TPSA) is 101 Å².